The van der Waals surface area contributed by atoms with Crippen molar-refractivity contribution in [1.29, 1.82) is 0 Å². The van der Waals surface area contributed by atoms with E-state index in [1.165, 1.54) is 23.6 Å². The molecule has 1 fully saturated rings. The van der Waals surface area contributed by atoms with Gasteiger partial charge in [0.1, 0.15) is 18.0 Å². The first-order valence-corrected chi connectivity index (χ1v) is 9.89. The number of rotatable bonds is 4. The van der Waals surface area contributed by atoms with Crippen molar-refractivity contribution in [2.24, 2.45) is 5.92 Å². The number of esters is 1. The summed E-state index contributed by atoms with van der Waals surface area (Å²) in [7, 11) is 1.76. The summed E-state index contributed by atoms with van der Waals surface area (Å²) in [6, 6.07) is 4.45. The number of fused-ring (bicyclic) bond motifs is 3. The molecule has 27 heavy (non-hydrogen) atoms. The van der Waals surface area contributed by atoms with E-state index in [1.54, 1.807) is 7.11 Å². The maximum absolute atomic E-state index is 11.2. The normalized spacial score (nSPS) is 29.9. The van der Waals surface area contributed by atoms with Crippen molar-refractivity contribution >= 4 is 5.97 Å². The second-order valence-corrected chi connectivity index (χ2v) is 8.71. The van der Waals surface area contributed by atoms with Crippen LogP contribution in [0.4, 0.5) is 0 Å². The summed E-state index contributed by atoms with van der Waals surface area (Å²) in [5.41, 5.74) is 3.45. The number of hydrogen-bond donors (Lipinski definition) is 1. The van der Waals surface area contributed by atoms with E-state index in [0.29, 0.717) is 12.3 Å². The van der Waals surface area contributed by atoms with Crippen LogP contribution in [0.1, 0.15) is 69.6 Å². The van der Waals surface area contributed by atoms with Gasteiger partial charge in [0.05, 0.1) is 7.11 Å². The van der Waals surface area contributed by atoms with Gasteiger partial charge in [0.25, 0.3) is 0 Å². The predicted molar refractivity (Wildman–Crippen MR) is 106 cm³/mol. The minimum Gasteiger partial charge on any atom is -0.496 e. The average Bonchev–Trinajstić information content (AvgIpc) is 2.62. The molecule has 1 aromatic carbocycles. The second kappa shape index (κ2) is 6.97. The molecule has 0 aromatic heterocycles. The van der Waals surface area contributed by atoms with E-state index in [9.17, 15) is 9.90 Å². The van der Waals surface area contributed by atoms with Crippen LogP contribution in [0.5, 0.6) is 5.75 Å². The number of aliphatic hydroxyl groups is 1. The fourth-order valence-corrected chi connectivity index (χ4v) is 5.12. The molecular formula is C23H32O4. The first-order valence-electron chi connectivity index (χ1n) is 9.89. The largest absolute Gasteiger partial charge is 0.496 e. The molecule has 1 N–H and O–H groups in total. The zero-order valence-electron chi connectivity index (χ0n) is 17.2. The van der Waals surface area contributed by atoms with Crippen molar-refractivity contribution in [1.82, 2.24) is 0 Å². The lowest BCUT2D eigenvalue weighted by atomic mass is 9.53. The van der Waals surface area contributed by atoms with Crippen LogP contribution in [0, 0.1) is 5.92 Å². The average molecular weight is 373 g/mol. The maximum Gasteiger partial charge on any atom is 0.302 e. The Labute approximate surface area is 162 Å². The standard InChI is InChI=1S/C23H32O4/c1-14(2)17-7-10-20-18(21(17)26-6)8-9-19-15(3)23(25,13-27-16(4)24)12-11-22(19,20)5/h7,10,14,19,25H,3,8-9,11-13H2,1-2,4-6H3/t19-,22-,23+/m0/s1. The van der Waals surface area contributed by atoms with Crippen molar-refractivity contribution in [3.05, 3.63) is 41.0 Å². The van der Waals surface area contributed by atoms with Gasteiger partial charge in [0.15, 0.2) is 0 Å². The molecule has 0 spiro atoms. The summed E-state index contributed by atoms with van der Waals surface area (Å²) in [5, 5.41) is 11.1. The van der Waals surface area contributed by atoms with Crippen LogP contribution in [-0.2, 0) is 21.4 Å². The molecule has 0 unspecified atom stereocenters. The Morgan fingerprint density at radius 3 is 2.67 bits per heavy atom. The van der Waals surface area contributed by atoms with E-state index < -0.39 is 5.60 Å². The lowest BCUT2D eigenvalue weighted by molar-refractivity contribution is -0.148. The van der Waals surface area contributed by atoms with Crippen LogP contribution in [-0.4, -0.2) is 30.4 Å². The molecule has 3 atom stereocenters. The van der Waals surface area contributed by atoms with Crippen LogP contribution in [0.15, 0.2) is 24.3 Å². The van der Waals surface area contributed by atoms with Crippen LogP contribution in [0.2, 0.25) is 0 Å². The van der Waals surface area contributed by atoms with Gasteiger partial charge in [-0.25, -0.2) is 0 Å². The van der Waals surface area contributed by atoms with Gasteiger partial charge in [-0.3, -0.25) is 4.79 Å². The number of hydrogen-bond acceptors (Lipinski definition) is 4. The Balaban J connectivity index is 1.99. The molecule has 0 amide bonds. The molecule has 4 heteroatoms. The van der Waals surface area contributed by atoms with Crippen LogP contribution >= 0.6 is 0 Å². The van der Waals surface area contributed by atoms with Gasteiger partial charge >= 0.3 is 5.97 Å². The van der Waals surface area contributed by atoms with E-state index in [-0.39, 0.29) is 23.9 Å². The van der Waals surface area contributed by atoms with Gasteiger partial charge in [-0.1, -0.05) is 39.5 Å². The number of carbonyl (C=O) groups is 1. The zero-order chi connectivity index (χ0) is 20.0. The number of methoxy groups -OCH3 is 1. The zero-order valence-corrected chi connectivity index (χ0v) is 17.2. The highest BCUT2D eigenvalue weighted by molar-refractivity contribution is 5.66. The summed E-state index contributed by atoms with van der Waals surface area (Å²) in [6.07, 6.45) is 3.19. The Kier molecular flexibility index (Phi) is 5.15. The highest BCUT2D eigenvalue weighted by atomic mass is 16.5. The first kappa shape index (κ1) is 19.9. The third kappa shape index (κ3) is 3.18. The smallest absolute Gasteiger partial charge is 0.302 e. The maximum atomic E-state index is 11.2. The minimum atomic E-state index is -1.13. The summed E-state index contributed by atoms with van der Waals surface area (Å²) < 4.78 is 11.0. The van der Waals surface area contributed by atoms with Gasteiger partial charge in [-0.15, -0.1) is 0 Å². The number of benzene rings is 1. The lowest BCUT2D eigenvalue weighted by Crippen LogP contribution is -2.52. The Morgan fingerprint density at radius 1 is 1.37 bits per heavy atom. The topological polar surface area (TPSA) is 55.8 Å². The summed E-state index contributed by atoms with van der Waals surface area (Å²) >= 11 is 0. The van der Waals surface area contributed by atoms with E-state index in [1.807, 2.05) is 0 Å². The highest BCUT2D eigenvalue weighted by Crippen LogP contribution is 2.56. The van der Waals surface area contributed by atoms with Crippen molar-refractivity contribution in [2.45, 2.75) is 70.3 Å². The van der Waals surface area contributed by atoms with Crippen LogP contribution in [0.25, 0.3) is 0 Å². The van der Waals surface area contributed by atoms with Gasteiger partial charge in [0.2, 0.25) is 0 Å². The molecule has 1 aromatic rings. The Morgan fingerprint density at radius 2 is 2.07 bits per heavy atom. The molecule has 2 aliphatic carbocycles. The quantitative estimate of drug-likeness (QED) is 0.633. The number of carbonyl (C=O) groups excluding carboxylic acids is 1. The number of ether oxygens (including phenoxy) is 2. The second-order valence-electron chi connectivity index (χ2n) is 8.71. The lowest BCUT2D eigenvalue weighted by Gasteiger charge is -2.52. The van der Waals surface area contributed by atoms with Gasteiger partial charge in [0, 0.05) is 6.92 Å². The molecule has 0 bridgehead atoms. The minimum absolute atomic E-state index is 0.00376. The molecular weight excluding hydrogens is 340 g/mol. The molecule has 2 aliphatic rings. The monoisotopic (exact) mass is 372 g/mol. The first-order chi connectivity index (χ1) is 12.6. The third-order valence-electron chi connectivity index (χ3n) is 6.77. The molecule has 0 saturated heterocycles. The molecule has 148 valence electrons. The molecule has 1 saturated carbocycles. The Bertz CT molecular complexity index is 766. The van der Waals surface area contributed by atoms with E-state index in [2.05, 4.69) is 39.5 Å². The molecule has 4 nitrogen and oxygen atoms in total. The third-order valence-corrected chi connectivity index (χ3v) is 6.77. The van der Waals surface area contributed by atoms with Gasteiger partial charge in [-0.2, -0.15) is 0 Å². The van der Waals surface area contributed by atoms with Crippen molar-refractivity contribution < 1.29 is 19.4 Å². The molecule has 0 radical (unpaired) electrons. The fraction of sp³-hybridized carbons (Fsp3) is 0.609. The van der Waals surface area contributed by atoms with E-state index in [0.717, 1.165) is 30.6 Å². The molecule has 0 aliphatic heterocycles. The fourth-order valence-electron chi connectivity index (χ4n) is 5.12. The Hall–Kier alpha value is -1.81. The predicted octanol–water partition coefficient (Wildman–Crippen LogP) is 4.28. The van der Waals surface area contributed by atoms with E-state index in [4.69, 9.17) is 9.47 Å². The molecule has 3 rings (SSSR count). The molecule has 0 heterocycles. The summed E-state index contributed by atoms with van der Waals surface area (Å²) in [5.74, 6) is 1.22. The van der Waals surface area contributed by atoms with Crippen LogP contribution < -0.4 is 4.74 Å². The van der Waals surface area contributed by atoms with Crippen LogP contribution in [0.3, 0.4) is 0 Å². The highest BCUT2D eigenvalue weighted by Gasteiger charge is 2.52. The van der Waals surface area contributed by atoms with E-state index >= 15 is 0 Å². The summed E-state index contributed by atoms with van der Waals surface area (Å²) in [4.78, 5) is 11.2. The summed E-state index contributed by atoms with van der Waals surface area (Å²) in [6.45, 7) is 12.3. The van der Waals surface area contributed by atoms with Crippen molar-refractivity contribution in [3.63, 3.8) is 0 Å². The van der Waals surface area contributed by atoms with Crippen molar-refractivity contribution in [2.75, 3.05) is 13.7 Å². The van der Waals surface area contributed by atoms with Gasteiger partial charge < -0.3 is 14.6 Å². The SMILES string of the molecule is C=C1[C@@H]2CCc3c(ccc(C(C)C)c3OC)[C@@]2(C)CC[C@@]1(O)COC(C)=O. The van der Waals surface area contributed by atoms with Crippen molar-refractivity contribution in [3.8, 4) is 5.75 Å². The van der Waals surface area contributed by atoms with Gasteiger partial charge in [-0.05, 0) is 65.2 Å².